The Morgan fingerprint density at radius 3 is 2.19 bits per heavy atom. The van der Waals surface area contributed by atoms with Crippen molar-refractivity contribution >= 4 is 18.3 Å². The molecule has 0 atom stereocenters. The van der Waals surface area contributed by atoms with Crippen molar-refractivity contribution in [1.29, 1.82) is 0 Å². The van der Waals surface area contributed by atoms with Crippen LogP contribution in [0.2, 0.25) is 0 Å². The Bertz CT molecular complexity index is 203. The zero-order chi connectivity index (χ0) is 11.3. The molecule has 1 fully saturated rings. The zero-order valence-corrected chi connectivity index (χ0v) is 11.5. The molecule has 0 radical (unpaired) electrons. The highest BCUT2D eigenvalue weighted by Gasteiger charge is 2.29. The molecule has 3 nitrogen and oxygen atoms in total. The van der Waals surface area contributed by atoms with Crippen LogP contribution in [0.25, 0.3) is 0 Å². The minimum absolute atomic E-state index is 0. The molecule has 1 rings (SSSR count). The monoisotopic (exact) mass is 248 g/mol. The molecule has 1 heterocycles. The largest absolute Gasteiger partial charge is 0.342 e. The summed E-state index contributed by atoms with van der Waals surface area (Å²) in [4.78, 5) is 14.0. The molecule has 1 aliphatic heterocycles. The van der Waals surface area contributed by atoms with Crippen LogP contribution in [0.5, 0.6) is 0 Å². The van der Waals surface area contributed by atoms with Gasteiger partial charge in [-0.3, -0.25) is 4.79 Å². The lowest BCUT2D eigenvalue weighted by molar-refractivity contribution is -0.137. The van der Waals surface area contributed by atoms with E-state index in [1.54, 1.807) is 0 Å². The fourth-order valence-electron chi connectivity index (χ4n) is 1.95. The Balaban J connectivity index is 0.00000225. The summed E-state index contributed by atoms with van der Waals surface area (Å²) in [5, 5.41) is 3.15. The van der Waals surface area contributed by atoms with E-state index in [2.05, 4.69) is 26.1 Å². The number of carbonyl (C=O) groups excluding carboxylic acids is 1. The molecule has 0 bridgehead atoms. The molecule has 0 aliphatic carbocycles. The number of hydrogen-bond donors (Lipinski definition) is 1. The van der Waals surface area contributed by atoms with Gasteiger partial charge in [0, 0.05) is 26.2 Å². The van der Waals surface area contributed by atoms with Crippen molar-refractivity contribution in [1.82, 2.24) is 10.2 Å². The van der Waals surface area contributed by atoms with Crippen molar-refractivity contribution in [2.24, 2.45) is 11.8 Å². The lowest BCUT2D eigenvalue weighted by Crippen LogP contribution is -2.52. The SMILES string of the molecule is CCC(CC)CN(CC)C(=O)C1CNC1.Cl. The Morgan fingerprint density at radius 2 is 1.88 bits per heavy atom. The van der Waals surface area contributed by atoms with Crippen LogP contribution in [0.1, 0.15) is 33.6 Å². The van der Waals surface area contributed by atoms with E-state index in [0.717, 1.165) is 26.2 Å². The van der Waals surface area contributed by atoms with Crippen LogP contribution in [0, 0.1) is 11.8 Å². The summed E-state index contributed by atoms with van der Waals surface area (Å²) in [5.74, 6) is 1.27. The van der Waals surface area contributed by atoms with Gasteiger partial charge in [0.15, 0.2) is 0 Å². The zero-order valence-electron chi connectivity index (χ0n) is 10.7. The van der Waals surface area contributed by atoms with Crippen LogP contribution in [-0.2, 0) is 4.79 Å². The van der Waals surface area contributed by atoms with Gasteiger partial charge >= 0.3 is 0 Å². The molecule has 96 valence electrons. The van der Waals surface area contributed by atoms with Crippen LogP contribution in [0.4, 0.5) is 0 Å². The molecule has 4 heteroatoms. The van der Waals surface area contributed by atoms with Crippen LogP contribution in [0.15, 0.2) is 0 Å². The van der Waals surface area contributed by atoms with Gasteiger partial charge in [-0.05, 0) is 12.8 Å². The van der Waals surface area contributed by atoms with Gasteiger partial charge in [-0.1, -0.05) is 26.7 Å². The number of hydrogen-bond acceptors (Lipinski definition) is 2. The number of amides is 1. The highest BCUT2D eigenvalue weighted by Crippen LogP contribution is 2.14. The lowest BCUT2D eigenvalue weighted by atomic mass is 9.99. The molecular weight excluding hydrogens is 224 g/mol. The lowest BCUT2D eigenvalue weighted by Gasteiger charge is -2.33. The predicted octanol–water partition coefficient (Wildman–Crippen LogP) is 1.91. The van der Waals surface area contributed by atoms with Crippen LogP contribution < -0.4 is 5.32 Å². The maximum absolute atomic E-state index is 12.0. The number of carbonyl (C=O) groups is 1. The van der Waals surface area contributed by atoms with Crippen LogP contribution in [-0.4, -0.2) is 37.0 Å². The van der Waals surface area contributed by atoms with Gasteiger partial charge in [-0.25, -0.2) is 0 Å². The molecule has 0 aromatic carbocycles. The van der Waals surface area contributed by atoms with Gasteiger partial charge in [-0.15, -0.1) is 12.4 Å². The molecule has 1 saturated heterocycles. The van der Waals surface area contributed by atoms with Crippen LogP contribution in [0.3, 0.4) is 0 Å². The molecule has 0 unspecified atom stereocenters. The normalized spacial score (nSPS) is 15.5. The average molecular weight is 249 g/mol. The Labute approximate surface area is 105 Å². The summed E-state index contributed by atoms with van der Waals surface area (Å²) in [6.07, 6.45) is 2.34. The van der Waals surface area contributed by atoms with Gasteiger partial charge in [0.2, 0.25) is 5.91 Å². The maximum atomic E-state index is 12.0. The first-order valence-corrected chi connectivity index (χ1v) is 6.22. The van der Waals surface area contributed by atoms with Gasteiger partial charge in [0.05, 0.1) is 5.92 Å². The van der Waals surface area contributed by atoms with Crippen molar-refractivity contribution in [3.05, 3.63) is 0 Å². The quantitative estimate of drug-likeness (QED) is 0.779. The first-order chi connectivity index (χ1) is 7.22. The number of nitrogens with zero attached hydrogens (tertiary/aromatic N) is 1. The molecule has 1 aliphatic rings. The third-order valence-corrected chi connectivity index (χ3v) is 3.46. The third kappa shape index (κ3) is 3.95. The average Bonchev–Trinajstić information content (AvgIpc) is 2.17. The van der Waals surface area contributed by atoms with Crippen molar-refractivity contribution in [3.8, 4) is 0 Å². The van der Waals surface area contributed by atoms with Gasteiger partial charge in [-0.2, -0.15) is 0 Å². The van der Waals surface area contributed by atoms with Crippen molar-refractivity contribution in [3.63, 3.8) is 0 Å². The predicted molar refractivity (Wildman–Crippen MR) is 69.9 cm³/mol. The van der Waals surface area contributed by atoms with E-state index in [-0.39, 0.29) is 18.3 Å². The molecule has 0 saturated carbocycles. The molecule has 0 aromatic heterocycles. The molecule has 16 heavy (non-hydrogen) atoms. The maximum Gasteiger partial charge on any atom is 0.228 e. The number of nitrogens with one attached hydrogen (secondary N) is 1. The Morgan fingerprint density at radius 1 is 1.31 bits per heavy atom. The van der Waals surface area contributed by atoms with E-state index < -0.39 is 0 Å². The van der Waals surface area contributed by atoms with E-state index >= 15 is 0 Å². The van der Waals surface area contributed by atoms with E-state index in [0.29, 0.717) is 11.8 Å². The first kappa shape index (κ1) is 15.7. The Kier molecular flexibility index (Phi) is 7.77. The summed E-state index contributed by atoms with van der Waals surface area (Å²) in [7, 11) is 0. The van der Waals surface area contributed by atoms with Gasteiger partial charge in [0.25, 0.3) is 0 Å². The molecule has 1 amide bonds. The Hall–Kier alpha value is -0.280. The van der Waals surface area contributed by atoms with Gasteiger partial charge in [0.1, 0.15) is 0 Å². The van der Waals surface area contributed by atoms with E-state index in [1.807, 2.05) is 4.90 Å². The number of halogens is 1. The topological polar surface area (TPSA) is 32.3 Å². The highest BCUT2D eigenvalue weighted by atomic mass is 35.5. The fraction of sp³-hybridized carbons (Fsp3) is 0.917. The molecule has 1 N–H and O–H groups in total. The summed E-state index contributed by atoms with van der Waals surface area (Å²) >= 11 is 0. The molecule has 0 spiro atoms. The summed E-state index contributed by atoms with van der Waals surface area (Å²) in [6, 6.07) is 0. The van der Waals surface area contributed by atoms with Crippen molar-refractivity contribution in [2.45, 2.75) is 33.6 Å². The fourth-order valence-corrected chi connectivity index (χ4v) is 1.95. The minimum Gasteiger partial charge on any atom is -0.342 e. The molecular formula is C12H25ClN2O. The summed E-state index contributed by atoms with van der Waals surface area (Å²) in [5.41, 5.74) is 0. The minimum atomic E-state index is 0. The summed E-state index contributed by atoms with van der Waals surface area (Å²) in [6.45, 7) is 10.0. The van der Waals surface area contributed by atoms with E-state index in [4.69, 9.17) is 0 Å². The first-order valence-electron chi connectivity index (χ1n) is 6.22. The van der Waals surface area contributed by atoms with Gasteiger partial charge < -0.3 is 10.2 Å². The second kappa shape index (κ2) is 7.91. The standard InChI is InChI=1S/C12H24N2O.ClH/c1-4-10(5-2)9-14(6-3)12(15)11-7-13-8-11;/h10-11,13H,4-9H2,1-3H3;1H. The second-order valence-electron chi connectivity index (χ2n) is 4.41. The second-order valence-corrected chi connectivity index (χ2v) is 4.41. The third-order valence-electron chi connectivity index (χ3n) is 3.46. The summed E-state index contributed by atoms with van der Waals surface area (Å²) < 4.78 is 0. The van der Waals surface area contributed by atoms with Crippen molar-refractivity contribution < 1.29 is 4.79 Å². The molecule has 0 aromatic rings. The van der Waals surface area contributed by atoms with Crippen LogP contribution >= 0.6 is 12.4 Å². The smallest absolute Gasteiger partial charge is 0.228 e. The van der Waals surface area contributed by atoms with E-state index in [1.165, 1.54) is 12.8 Å². The number of rotatable bonds is 6. The van der Waals surface area contributed by atoms with E-state index in [9.17, 15) is 4.79 Å². The van der Waals surface area contributed by atoms with Crippen molar-refractivity contribution in [2.75, 3.05) is 26.2 Å². The highest BCUT2D eigenvalue weighted by molar-refractivity contribution is 5.85.